The Bertz CT molecular complexity index is 145. The molecule has 1 fully saturated rings. The first-order valence-corrected chi connectivity index (χ1v) is 3.98. The van der Waals surface area contributed by atoms with Gasteiger partial charge in [0.2, 0.25) is 0 Å². The van der Waals surface area contributed by atoms with Crippen LogP contribution in [-0.4, -0.2) is 12.2 Å². The fraction of sp³-hybridized carbons (Fsp3) is 0.778. The second-order valence-electron chi connectivity index (χ2n) is 3.20. The molecule has 1 unspecified atom stereocenters. The van der Waals surface area contributed by atoms with E-state index in [0.717, 1.165) is 13.0 Å². The summed E-state index contributed by atoms with van der Waals surface area (Å²) in [6.07, 6.45) is 5.80. The van der Waals surface area contributed by atoms with E-state index in [4.69, 9.17) is 5.11 Å². The van der Waals surface area contributed by atoms with E-state index in [2.05, 4.69) is 6.92 Å². The molecule has 1 atom stereocenters. The topological polar surface area (TPSA) is 20.2 Å². The summed E-state index contributed by atoms with van der Waals surface area (Å²) in [5.41, 5.74) is 3.50. The first-order chi connectivity index (χ1) is 4.86. The number of hydrogen-bond donors (Lipinski definition) is 1. The first kappa shape index (κ1) is 7.80. The summed E-state index contributed by atoms with van der Waals surface area (Å²) in [4.78, 5) is 0. The van der Waals surface area contributed by atoms with Crippen molar-refractivity contribution in [3.8, 4) is 0 Å². The minimum absolute atomic E-state index is 1.00. The van der Waals surface area contributed by atoms with Crippen LogP contribution >= 0.6 is 0 Å². The predicted molar refractivity (Wildman–Crippen MR) is 42.8 cm³/mol. The van der Waals surface area contributed by atoms with Gasteiger partial charge in [-0.05, 0) is 38.5 Å². The van der Waals surface area contributed by atoms with Gasteiger partial charge in [-0.25, -0.2) is 0 Å². The SMILES string of the molecule is CC1=C2CCC(C1)C2.CO. The number of allylic oxidation sites excluding steroid dienone is 2. The number of fused-ring (bicyclic) bond motifs is 2. The van der Waals surface area contributed by atoms with E-state index in [-0.39, 0.29) is 0 Å². The molecule has 2 aliphatic carbocycles. The van der Waals surface area contributed by atoms with Crippen LogP contribution in [0.1, 0.15) is 32.6 Å². The summed E-state index contributed by atoms with van der Waals surface area (Å²) in [5.74, 6) is 1.07. The van der Waals surface area contributed by atoms with E-state index >= 15 is 0 Å². The Morgan fingerprint density at radius 1 is 1.30 bits per heavy atom. The van der Waals surface area contributed by atoms with Gasteiger partial charge in [-0.3, -0.25) is 0 Å². The van der Waals surface area contributed by atoms with Crippen molar-refractivity contribution in [2.45, 2.75) is 32.6 Å². The van der Waals surface area contributed by atoms with Crippen molar-refractivity contribution in [2.75, 3.05) is 7.11 Å². The van der Waals surface area contributed by atoms with E-state index in [9.17, 15) is 0 Å². The van der Waals surface area contributed by atoms with Crippen LogP contribution in [0, 0.1) is 5.92 Å². The van der Waals surface area contributed by atoms with Crippen molar-refractivity contribution in [1.82, 2.24) is 0 Å². The molecule has 2 bridgehead atoms. The van der Waals surface area contributed by atoms with Gasteiger partial charge in [0, 0.05) is 7.11 Å². The number of aliphatic hydroxyl groups excluding tert-OH is 1. The van der Waals surface area contributed by atoms with E-state index < -0.39 is 0 Å². The highest BCUT2D eigenvalue weighted by molar-refractivity contribution is 5.23. The van der Waals surface area contributed by atoms with Crippen LogP contribution in [0.3, 0.4) is 0 Å². The van der Waals surface area contributed by atoms with Crippen molar-refractivity contribution in [2.24, 2.45) is 5.92 Å². The maximum Gasteiger partial charge on any atom is 0.0319 e. The van der Waals surface area contributed by atoms with Gasteiger partial charge in [0.15, 0.2) is 0 Å². The summed E-state index contributed by atoms with van der Waals surface area (Å²) in [6.45, 7) is 2.30. The van der Waals surface area contributed by atoms with Gasteiger partial charge in [0.25, 0.3) is 0 Å². The third-order valence-electron chi connectivity index (χ3n) is 2.59. The average Bonchev–Trinajstić information content (AvgIpc) is 2.52. The zero-order valence-corrected chi connectivity index (χ0v) is 6.85. The van der Waals surface area contributed by atoms with E-state index in [0.29, 0.717) is 0 Å². The van der Waals surface area contributed by atoms with Crippen molar-refractivity contribution < 1.29 is 5.11 Å². The third-order valence-corrected chi connectivity index (χ3v) is 2.59. The highest BCUT2D eigenvalue weighted by Crippen LogP contribution is 2.43. The third kappa shape index (κ3) is 1.24. The molecule has 0 saturated heterocycles. The Kier molecular flexibility index (Phi) is 2.50. The molecule has 1 N–H and O–H groups in total. The van der Waals surface area contributed by atoms with Gasteiger partial charge in [0.1, 0.15) is 0 Å². The summed E-state index contributed by atoms with van der Waals surface area (Å²) >= 11 is 0. The molecule has 1 nitrogen and oxygen atoms in total. The zero-order chi connectivity index (χ0) is 7.56. The predicted octanol–water partition coefficient (Wildman–Crippen LogP) is 2.12. The van der Waals surface area contributed by atoms with Crippen LogP contribution < -0.4 is 0 Å². The van der Waals surface area contributed by atoms with Crippen LogP contribution in [0.5, 0.6) is 0 Å². The molecule has 0 aromatic carbocycles. The molecule has 58 valence electrons. The second kappa shape index (κ2) is 3.20. The Hall–Kier alpha value is -0.300. The highest BCUT2D eigenvalue weighted by atomic mass is 16.2. The Balaban J connectivity index is 0.000000231. The standard InChI is InChI=1S/C8H12.CH4O/c1-6-4-7-2-3-8(6)5-7;1-2/h7H,2-5H2,1H3;2H,1H3. The molecule has 1 saturated carbocycles. The molecule has 0 heterocycles. The fourth-order valence-corrected chi connectivity index (χ4v) is 2.07. The highest BCUT2D eigenvalue weighted by Gasteiger charge is 2.27. The van der Waals surface area contributed by atoms with Crippen molar-refractivity contribution in [3.05, 3.63) is 11.1 Å². The molecule has 0 radical (unpaired) electrons. The molecule has 0 aromatic heterocycles. The van der Waals surface area contributed by atoms with Crippen molar-refractivity contribution >= 4 is 0 Å². The lowest BCUT2D eigenvalue weighted by Crippen LogP contribution is -1.90. The van der Waals surface area contributed by atoms with E-state index in [1.165, 1.54) is 25.7 Å². The van der Waals surface area contributed by atoms with Crippen molar-refractivity contribution in [1.29, 1.82) is 0 Å². The van der Waals surface area contributed by atoms with E-state index in [1.54, 1.807) is 11.1 Å². The summed E-state index contributed by atoms with van der Waals surface area (Å²) in [7, 11) is 1.00. The first-order valence-electron chi connectivity index (χ1n) is 3.98. The van der Waals surface area contributed by atoms with Crippen LogP contribution in [0.25, 0.3) is 0 Å². The van der Waals surface area contributed by atoms with Gasteiger partial charge in [-0.15, -0.1) is 0 Å². The maximum atomic E-state index is 7.00. The second-order valence-corrected chi connectivity index (χ2v) is 3.20. The van der Waals surface area contributed by atoms with Gasteiger partial charge in [-0.1, -0.05) is 11.1 Å². The quantitative estimate of drug-likeness (QED) is 0.511. The zero-order valence-electron chi connectivity index (χ0n) is 6.85. The molecule has 0 spiro atoms. The molecule has 10 heavy (non-hydrogen) atoms. The summed E-state index contributed by atoms with van der Waals surface area (Å²) in [5, 5.41) is 7.00. The molecular formula is C9H16O. The van der Waals surface area contributed by atoms with Crippen molar-refractivity contribution in [3.63, 3.8) is 0 Å². The number of hydrogen-bond acceptors (Lipinski definition) is 1. The molecule has 2 rings (SSSR count). The average molecular weight is 140 g/mol. The van der Waals surface area contributed by atoms with Crippen LogP contribution in [-0.2, 0) is 0 Å². The largest absolute Gasteiger partial charge is 0.400 e. The normalized spacial score (nSPS) is 28.5. The molecule has 0 amide bonds. The summed E-state index contributed by atoms with van der Waals surface area (Å²) in [6, 6.07) is 0. The monoisotopic (exact) mass is 140 g/mol. The smallest absolute Gasteiger partial charge is 0.0319 e. The maximum absolute atomic E-state index is 7.00. The Morgan fingerprint density at radius 2 is 2.00 bits per heavy atom. The molecule has 2 aliphatic rings. The molecular weight excluding hydrogens is 124 g/mol. The van der Waals surface area contributed by atoms with Crippen LogP contribution in [0.2, 0.25) is 0 Å². The summed E-state index contributed by atoms with van der Waals surface area (Å²) < 4.78 is 0. The Labute approximate surface area is 62.8 Å². The van der Waals surface area contributed by atoms with Crippen LogP contribution in [0.15, 0.2) is 11.1 Å². The Morgan fingerprint density at radius 3 is 2.20 bits per heavy atom. The molecule has 1 heteroatoms. The van der Waals surface area contributed by atoms with E-state index in [1.807, 2.05) is 0 Å². The number of aliphatic hydroxyl groups is 1. The van der Waals surface area contributed by atoms with Gasteiger partial charge in [-0.2, -0.15) is 0 Å². The van der Waals surface area contributed by atoms with Gasteiger partial charge in [0.05, 0.1) is 0 Å². The minimum atomic E-state index is 1.00. The van der Waals surface area contributed by atoms with Gasteiger partial charge >= 0.3 is 0 Å². The number of rotatable bonds is 0. The molecule has 0 aliphatic heterocycles. The lowest BCUT2D eigenvalue weighted by molar-refractivity contribution is 0.399. The van der Waals surface area contributed by atoms with Crippen LogP contribution in [0.4, 0.5) is 0 Å². The molecule has 0 aromatic rings. The lowest BCUT2D eigenvalue weighted by atomic mass is 10.0. The fourth-order valence-electron chi connectivity index (χ4n) is 2.07. The van der Waals surface area contributed by atoms with Gasteiger partial charge < -0.3 is 5.11 Å². The minimum Gasteiger partial charge on any atom is -0.400 e. The lowest BCUT2D eigenvalue weighted by Gasteiger charge is -2.05.